The minimum absolute atomic E-state index is 0.143. The first-order valence-electron chi connectivity index (χ1n) is 4.77. The molecule has 15 heavy (non-hydrogen) atoms. The molecule has 0 amide bonds. The zero-order chi connectivity index (χ0) is 10.7. The maximum atomic E-state index is 12.0. The number of ether oxygens (including phenoxy) is 1. The Kier molecular flexibility index (Phi) is 3.03. The molecule has 1 aromatic rings. The second-order valence-corrected chi connectivity index (χ2v) is 5.19. The molecule has 0 bridgehead atoms. The van der Waals surface area contributed by atoms with E-state index in [2.05, 4.69) is 9.97 Å². The standard InChI is InChI=1S/C8H13N3O3S/c12-15(13,8-6-9-7-10-8)11-2-1-4-14-5-3-11/h6-7H,1-5H2,(H,9,10). The third-order valence-corrected chi connectivity index (χ3v) is 4.10. The topological polar surface area (TPSA) is 75.3 Å². The molecule has 0 aliphatic carbocycles. The smallest absolute Gasteiger partial charge is 0.260 e. The number of hydrogen-bond donors (Lipinski definition) is 1. The van der Waals surface area contributed by atoms with Crippen LogP contribution in [0.2, 0.25) is 0 Å². The van der Waals surface area contributed by atoms with Gasteiger partial charge in [0.15, 0.2) is 5.03 Å². The molecular formula is C8H13N3O3S. The summed E-state index contributed by atoms with van der Waals surface area (Å²) in [5, 5.41) is 0.143. The molecule has 0 radical (unpaired) electrons. The number of rotatable bonds is 2. The Morgan fingerprint density at radius 3 is 3.00 bits per heavy atom. The summed E-state index contributed by atoms with van der Waals surface area (Å²) in [6, 6.07) is 0. The zero-order valence-corrected chi connectivity index (χ0v) is 9.03. The molecule has 1 aliphatic heterocycles. The number of hydrogen-bond acceptors (Lipinski definition) is 4. The van der Waals surface area contributed by atoms with Crippen LogP contribution in [0.5, 0.6) is 0 Å². The number of nitrogens with one attached hydrogen (secondary N) is 1. The minimum Gasteiger partial charge on any atom is -0.380 e. The summed E-state index contributed by atoms with van der Waals surface area (Å²) >= 11 is 0. The molecule has 0 spiro atoms. The average Bonchev–Trinajstić information content (AvgIpc) is 2.61. The van der Waals surface area contributed by atoms with Crippen LogP contribution < -0.4 is 0 Å². The van der Waals surface area contributed by atoms with Crippen molar-refractivity contribution in [3.05, 3.63) is 12.5 Å². The summed E-state index contributed by atoms with van der Waals surface area (Å²) in [6.45, 7) is 1.98. The van der Waals surface area contributed by atoms with Gasteiger partial charge in [-0.05, 0) is 6.42 Å². The van der Waals surface area contributed by atoms with Crippen molar-refractivity contribution < 1.29 is 13.2 Å². The SMILES string of the molecule is O=S(=O)(c1cnc[nH]1)N1CCCOCC1. The highest BCUT2D eigenvalue weighted by atomic mass is 32.2. The van der Waals surface area contributed by atoms with E-state index in [1.54, 1.807) is 0 Å². The van der Waals surface area contributed by atoms with Gasteiger partial charge in [0.2, 0.25) is 0 Å². The first-order valence-corrected chi connectivity index (χ1v) is 6.21. The summed E-state index contributed by atoms with van der Waals surface area (Å²) in [7, 11) is -3.41. The van der Waals surface area contributed by atoms with Gasteiger partial charge in [0, 0.05) is 19.7 Å². The second kappa shape index (κ2) is 4.30. The van der Waals surface area contributed by atoms with E-state index in [0.717, 1.165) is 6.42 Å². The van der Waals surface area contributed by atoms with Gasteiger partial charge in [-0.2, -0.15) is 4.31 Å². The van der Waals surface area contributed by atoms with Crippen molar-refractivity contribution in [3.8, 4) is 0 Å². The maximum Gasteiger partial charge on any atom is 0.260 e. The van der Waals surface area contributed by atoms with Gasteiger partial charge in [0.05, 0.1) is 19.1 Å². The second-order valence-electron chi connectivity index (χ2n) is 3.29. The van der Waals surface area contributed by atoms with E-state index in [1.807, 2.05) is 0 Å². The van der Waals surface area contributed by atoms with E-state index >= 15 is 0 Å². The number of aromatic nitrogens is 2. The van der Waals surface area contributed by atoms with E-state index in [-0.39, 0.29) is 5.03 Å². The average molecular weight is 231 g/mol. The van der Waals surface area contributed by atoms with Crippen LogP contribution in [-0.2, 0) is 14.8 Å². The van der Waals surface area contributed by atoms with E-state index < -0.39 is 10.0 Å². The number of aromatic amines is 1. The van der Waals surface area contributed by atoms with Crippen LogP contribution in [0.15, 0.2) is 17.6 Å². The largest absolute Gasteiger partial charge is 0.380 e. The molecule has 1 saturated heterocycles. The number of imidazole rings is 1. The fourth-order valence-corrected chi connectivity index (χ4v) is 2.85. The van der Waals surface area contributed by atoms with Crippen LogP contribution in [-0.4, -0.2) is 49.0 Å². The van der Waals surface area contributed by atoms with Crippen molar-refractivity contribution in [2.75, 3.05) is 26.3 Å². The van der Waals surface area contributed by atoms with Crippen LogP contribution in [0.4, 0.5) is 0 Å². The molecule has 0 saturated carbocycles. The first kappa shape index (κ1) is 10.6. The van der Waals surface area contributed by atoms with Crippen LogP contribution in [0.3, 0.4) is 0 Å². The third kappa shape index (κ3) is 2.19. The monoisotopic (exact) mass is 231 g/mol. The summed E-state index contributed by atoms with van der Waals surface area (Å²) in [6.07, 6.45) is 3.41. The molecule has 1 aliphatic rings. The highest BCUT2D eigenvalue weighted by Gasteiger charge is 2.26. The molecule has 1 fully saturated rings. The Morgan fingerprint density at radius 1 is 1.40 bits per heavy atom. The Morgan fingerprint density at radius 2 is 2.27 bits per heavy atom. The predicted molar refractivity (Wildman–Crippen MR) is 52.8 cm³/mol. The molecule has 84 valence electrons. The highest BCUT2D eigenvalue weighted by molar-refractivity contribution is 7.89. The van der Waals surface area contributed by atoms with Crippen molar-refractivity contribution in [2.24, 2.45) is 0 Å². The van der Waals surface area contributed by atoms with Crippen molar-refractivity contribution in [1.29, 1.82) is 0 Å². The third-order valence-electron chi connectivity index (χ3n) is 2.27. The number of H-pyrrole nitrogens is 1. The van der Waals surface area contributed by atoms with Gasteiger partial charge in [-0.3, -0.25) is 0 Å². The van der Waals surface area contributed by atoms with Crippen LogP contribution in [0.1, 0.15) is 6.42 Å². The van der Waals surface area contributed by atoms with Crippen LogP contribution >= 0.6 is 0 Å². The summed E-state index contributed by atoms with van der Waals surface area (Å²) in [4.78, 5) is 6.33. The maximum absolute atomic E-state index is 12.0. The highest BCUT2D eigenvalue weighted by Crippen LogP contribution is 2.13. The fourth-order valence-electron chi connectivity index (χ4n) is 1.49. The van der Waals surface area contributed by atoms with E-state index in [9.17, 15) is 8.42 Å². The molecule has 7 heteroatoms. The lowest BCUT2D eigenvalue weighted by Crippen LogP contribution is -2.33. The van der Waals surface area contributed by atoms with Gasteiger partial charge >= 0.3 is 0 Å². The Hall–Kier alpha value is -0.920. The molecule has 6 nitrogen and oxygen atoms in total. The zero-order valence-electron chi connectivity index (χ0n) is 8.22. The van der Waals surface area contributed by atoms with Crippen LogP contribution in [0.25, 0.3) is 0 Å². The molecular weight excluding hydrogens is 218 g/mol. The summed E-state index contributed by atoms with van der Waals surface area (Å²) < 4.78 is 30.6. The summed E-state index contributed by atoms with van der Waals surface area (Å²) in [5.74, 6) is 0. The first-order chi connectivity index (χ1) is 7.21. The van der Waals surface area contributed by atoms with E-state index in [1.165, 1.54) is 16.8 Å². The molecule has 2 heterocycles. The molecule has 0 unspecified atom stereocenters. The quantitative estimate of drug-likeness (QED) is 0.766. The van der Waals surface area contributed by atoms with Crippen LogP contribution in [0, 0.1) is 0 Å². The van der Waals surface area contributed by atoms with Gasteiger partial charge in [0.25, 0.3) is 10.0 Å². The van der Waals surface area contributed by atoms with E-state index in [0.29, 0.717) is 26.3 Å². The molecule has 1 N–H and O–H groups in total. The van der Waals surface area contributed by atoms with Gasteiger partial charge in [-0.15, -0.1) is 0 Å². The van der Waals surface area contributed by atoms with Crippen molar-refractivity contribution in [3.63, 3.8) is 0 Å². The van der Waals surface area contributed by atoms with Gasteiger partial charge in [0.1, 0.15) is 0 Å². The molecule has 1 aromatic heterocycles. The molecule has 0 aromatic carbocycles. The lowest BCUT2D eigenvalue weighted by molar-refractivity contribution is 0.148. The van der Waals surface area contributed by atoms with Crippen molar-refractivity contribution >= 4 is 10.0 Å². The van der Waals surface area contributed by atoms with Crippen molar-refractivity contribution in [1.82, 2.24) is 14.3 Å². The Labute approximate surface area is 88.3 Å². The summed E-state index contributed by atoms with van der Waals surface area (Å²) in [5.41, 5.74) is 0. The van der Waals surface area contributed by atoms with Gasteiger partial charge in [-0.25, -0.2) is 13.4 Å². The van der Waals surface area contributed by atoms with Crippen molar-refractivity contribution in [2.45, 2.75) is 11.4 Å². The fraction of sp³-hybridized carbons (Fsp3) is 0.625. The number of sulfonamides is 1. The number of nitrogens with zero attached hydrogens (tertiary/aromatic N) is 2. The Balaban J connectivity index is 2.21. The van der Waals surface area contributed by atoms with E-state index in [4.69, 9.17) is 4.74 Å². The predicted octanol–water partition coefficient (Wildman–Crippen LogP) is -0.179. The minimum atomic E-state index is -3.41. The lowest BCUT2D eigenvalue weighted by atomic mass is 10.5. The Bertz CT molecular complexity index is 393. The molecule has 0 atom stereocenters. The lowest BCUT2D eigenvalue weighted by Gasteiger charge is -2.17. The van der Waals surface area contributed by atoms with Gasteiger partial charge < -0.3 is 9.72 Å². The van der Waals surface area contributed by atoms with Gasteiger partial charge in [-0.1, -0.05) is 0 Å². The molecule has 2 rings (SSSR count). The normalized spacial score (nSPS) is 20.0.